The first kappa shape index (κ1) is 19.5. The summed E-state index contributed by atoms with van der Waals surface area (Å²) in [4.78, 5) is 0. The lowest BCUT2D eigenvalue weighted by Gasteiger charge is -2.32. The first-order chi connectivity index (χ1) is 16.8. The van der Waals surface area contributed by atoms with E-state index in [0.717, 1.165) is 0 Å². The van der Waals surface area contributed by atoms with Gasteiger partial charge in [-0.3, -0.25) is 0 Å². The van der Waals surface area contributed by atoms with Gasteiger partial charge in [0.15, 0.2) is 8.07 Å². The van der Waals surface area contributed by atoms with E-state index in [1.54, 1.807) is 0 Å². The lowest BCUT2D eigenvalue weighted by molar-refractivity contribution is 1.56. The van der Waals surface area contributed by atoms with Crippen molar-refractivity contribution in [2.75, 3.05) is 0 Å². The van der Waals surface area contributed by atoms with Crippen LogP contribution < -0.4 is 20.7 Å². The van der Waals surface area contributed by atoms with Crippen molar-refractivity contribution < 1.29 is 0 Å². The van der Waals surface area contributed by atoms with Crippen LogP contribution >= 0.6 is 0 Å². The van der Waals surface area contributed by atoms with E-state index in [2.05, 4.69) is 134 Å². The minimum Gasteiger partial charge on any atom is -0.0623 e. The SMILES string of the molecule is Cc1cc2c3c(ccc2c2ccccc12)-c1ccccc1[Si]3(c1ccccc1)c1ccccc1. The molecule has 0 spiro atoms. The Morgan fingerprint density at radius 3 is 1.71 bits per heavy atom. The normalized spacial score (nSPS) is 13.7. The number of hydrogen-bond acceptors (Lipinski definition) is 0. The summed E-state index contributed by atoms with van der Waals surface area (Å²) in [7, 11) is -2.50. The van der Waals surface area contributed by atoms with Crippen LogP contribution in [0.25, 0.3) is 32.7 Å². The van der Waals surface area contributed by atoms with Crippen LogP contribution in [0.4, 0.5) is 0 Å². The molecule has 0 unspecified atom stereocenters. The largest absolute Gasteiger partial charge is 0.181 e. The van der Waals surface area contributed by atoms with E-state index in [1.165, 1.54) is 59.0 Å². The maximum absolute atomic E-state index is 2.50. The summed E-state index contributed by atoms with van der Waals surface area (Å²) in [5.41, 5.74) is 4.14. The first-order valence-corrected chi connectivity index (χ1v) is 14.0. The Morgan fingerprint density at radius 1 is 0.441 bits per heavy atom. The molecule has 1 aliphatic heterocycles. The van der Waals surface area contributed by atoms with Crippen molar-refractivity contribution in [1.82, 2.24) is 0 Å². The molecular weight excluding hydrogens is 424 g/mol. The van der Waals surface area contributed by atoms with Crippen molar-refractivity contribution in [2.45, 2.75) is 6.92 Å². The second-order valence-corrected chi connectivity index (χ2v) is 13.0. The molecule has 0 radical (unpaired) electrons. The predicted octanol–water partition coefficient (Wildman–Crippen LogP) is 5.66. The zero-order chi connectivity index (χ0) is 22.7. The minimum absolute atomic E-state index is 1.34. The van der Waals surface area contributed by atoms with Gasteiger partial charge in [0.1, 0.15) is 0 Å². The van der Waals surface area contributed by atoms with Crippen LogP contribution in [0, 0.1) is 6.92 Å². The molecule has 0 atom stereocenters. The molecule has 34 heavy (non-hydrogen) atoms. The average molecular weight is 449 g/mol. The van der Waals surface area contributed by atoms with Crippen molar-refractivity contribution in [2.24, 2.45) is 0 Å². The standard InChI is InChI=1S/C33H24Si/c1-23-22-31-28(27-17-9-8-16-26(23)27)20-21-30-29-18-10-11-19-32(29)34(33(30)31,24-12-4-2-5-13-24)25-14-6-3-7-15-25/h2-22H,1H3. The molecule has 0 saturated heterocycles. The Bertz CT molecular complexity index is 1660. The Kier molecular flexibility index (Phi) is 4.18. The molecule has 0 N–H and O–H groups in total. The molecule has 0 saturated carbocycles. The maximum Gasteiger partial charge on any atom is 0.181 e. The average Bonchev–Trinajstić information content (AvgIpc) is 3.22. The number of aryl methyl sites for hydroxylation is 1. The molecule has 6 aromatic rings. The third-order valence-corrected chi connectivity index (χ3v) is 12.6. The fraction of sp³-hybridized carbons (Fsp3) is 0.0303. The summed E-state index contributed by atoms with van der Waals surface area (Å²) < 4.78 is 0. The summed E-state index contributed by atoms with van der Waals surface area (Å²) in [6.07, 6.45) is 0. The Balaban J connectivity index is 1.75. The van der Waals surface area contributed by atoms with Crippen LogP contribution in [0.1, 0.15) is 5.56 Å². The van der Waals surface area contributed by atoms with E-state index in [4.69, 9.17) is 0 Å². The van der Waals surface area contributed by atoms with Crippen LogP contribution in [0.3, 0.4) is 0 Å². The lowest BCUT2D eigenvalue weighted by atomic mass is 9.95. The number of rotatable bonds is 2. The molecule has 0 fully saturated rings. The first-order valence-electron chi connectivity index (χ1n) is 12.0. The molecule has 0 amide bonds. The maximum atomic E-state index is 2.45. The molecule has 160 valence electrons. The van der Waals surface area contributed by atoms with Crippen molar-refractivity contribution in [3.05, 3.63) is 133 Å². The van der Waals surface area contributed by atoms with E-state index in [1.807, 2.05) is 0 Å². The summed E-state index contributed by atoms with van der Waals surface area (Å²) >= 11 is 0. The second-order valence-electron chi connectivity index (χ2n) is 9.35. The monoisotopic (exact) mass is 448 g/mol. The van der Waals surface area contributed by atoms with Crippen LogP contribution in [-0.4, -0.2) is 8.07 Å². The highest BCUT2D eigenvalue weighted by Gasteiger charge is 2.49. The molecule has 1 heteroatoms. The predicted molar refractivity (Wildman–Crippen MR) is 149 cm³/mol. The van der Waals surface area contributed by atoms with E-state index < -0.39 is 8.07 Å². The fourth-order valence-corrected chi connectivity index (χ4v) is 11.7. The number of benzene rings is 6. The van der Waals surface area contributed by atoms with Crippen molar-refractivity contribution in [3.8, 4) is 11.1 Å². The summed E-state index contributed by atoms with van der Waals surface area (Å²) in [5, 5.41) is 11.4. The molecule has 0 nitrogen and oxygen atoms in total. The molecule has 0 aliphatic carbocycles. The topological polar surface area (TPSA) is 0 Å². The number of hydrogen-bond donors (Lipinski definition) is 0. The van der Waals surface area contributed by atoms with Gasteiger partial charge in [-0.15, -0.1) is 0 Å². The highest BCUT2D eigenvalue weighted by Crippen LogP contribution is 2.35. The lowest BCUT2D eigenvalue weighted by Crippen LogP contribution is -2.73. The van der Waals surface area contributed by atoms with E-state index in [-0.39, 0.29) is 0 Å². The minimum atomic E-state index is -2.50. The van der Waals surface area contributed by atoms with Crippen LogP contribution in [0.15, 0.2) is 127 Å². The van der Waals surface area contributed by atoms with Gasteiger partial charge in [-0.1, -0.05) is 127 Å². The van der Waals surface area contributed by atoms with Crippen molar-refractivity contribution in [3.63, 3.8) is 0 Å². The molecule has 0 bridgehead atoms. The third kappa shape index (κ3) is 2.48. The zero-order valence-electron chi connectivity index (χ0n) is 19.1. The van der Waals surface area contributed by atoms with Gasteiger partial charge in [0.2, 0.25) is 0 Å². The van der Waals surface area contributed by atoms with E-state index in [9.17, 15) is 0 Å². The highest BCUT2D eigenvalue weighted by molar-refractivity contribution is 7.23. The van der Waals surface area contributed by atoms with Gasteiger partial charge in [0.25, 0.3) is 0 Å². The fourth-order valence-electron chi connectivity index (χ4n) is 6.31. The summed E-state index contributed by atoms with van der Waals surface area (Å²) in [5.74, 6) is 0. The molecule has 1 aliphatic rings. The Morgan fingerprint density at radius 2 is 1.00 bits per heavy atom. The summed E-state index contributed by atoms with van der Waals surface area (Å²) in [6, 6.07) is 47.7. The highest BCUT2D eigenvalue weighted by atomic mass is 28.3. The third-order valence-electron chi connectivity index (χ3n) is 7.66. The number of fused-ring (bicyclic) bond motifs is 7. The van der Waals surface area contributed by atoms with E-state index in [0.29, 0.717) is 0 Å². The molecular formula is C33H24Si. The molecule has 0 aromatic heterocycles. The van der Waals surface area contributed by atoms with Crippen LogP contribution in [0.2, 0.25) is 0 Å². The molecule has 7 rings (SSSR count). The second kappa shape index (κ2) is 7.28. The van der Waals surface area contributed by atoms with Gasteiger partial charge >= 0.3 is 0 Å². The van der Waals surface area contributed by atoms with Crippen molar-refractivity contribution in [1.29, 1.82) is 0 Å². The Labute approximate surface area is 201 Å². The van der Waals surface area contributed by atoms with Crippen LogP contribution in [-0.2, 0) is 0 Å². The molecule has 6 aromatic carbocycles. The van der Waals surface area contributed by atoms with Gasteiger partial charge in [-0.05, 0) is 65.9 Å². The zero-order valence-corrected chi connectivity index (χ0v) is 20.1. The Hall–Kier alpha value is -3.94. The van der Waals surface area contributed by atoms with Gasteiger partial charge < -0.3 is 0 Å². The van der Waals surface area contributed by atoms with Gasteiger partial charge in [0.05, 0.1) is 0 Å². The molecule has 1 heterocycles. The van der Waals surface area contributed by atoms with Crippen molar-refractivity contribution >= 4 is 50.4 Å². The van der Waals surface area contributed by atoms with Gasteiger partial charge in [-0.2, -0.15) is 0 Å². The quantitative estimate of drug-likeness (QED) is 0.236. The van der Waals surface area contributed by atoms with E-state index >= 15 is 0 Å². The van der Waals surface area contributed by atoms with Gasteiger partial charge in [0, 0.05) is 0 Å². The van der Waals surface area contributed by atoms with Crippen LogP contribution in [0.5, 0.6) is 0 Å². The van der Waals surface area contributed by atoms with Gasteiger partial charge in [-0.25, -0.2) is 0 Å². The summed E-state index contributed by atoms with van der Waals surface area (Å²) in [6.45, 7) is 2.26. The smallest absolute Gasteiger partial charge is 0.0623 e.